The van der Waals surface area contributed by atoms with Gasteiger partial charge in [-0.25, -0.2) is 0 Å². The van der Waals surface area contributed by atoms with Crippen LogP contribution in [0.5, 0.6) is 0 Å². The van der Waals surface area contributed by atoms with Gasteiger partial charge >= 0.3 is 0 Å². The van der Waals surface area contributed by atoms with Gasteiger partial charge in [0, 0.05) is 25.3 Å². The third-order valence-corrected chi connectivity index (χ3v) is 4.27. The molecular weight excluding hydrogens is 258 g/mol. The molecule has 0 spiro atoms. The first-order valence-electron chi connectivity index (χ1n) is 7.85. The van der Waals surface area contributed by atoms with Crippen LogP contribution in [0.1, 0.15) is 37.8 Å². The number of rotatable bonds is 6. The lowest BCUT2D eigenvalue weighted by Crippen LogP contribution is -2.56. The van der Waals surface area contributed by atoms with Crippen LogP contribution < -0.4 is 10.2 Å². The summed E-state index contributed by atoms with van der Waals surface area (Å²) in [6.07, 6.45) is 2.32. The first-order valence-corrected chi connectivity index (χ1v) is 7.85. The lowest BCUT2D eigenvalue weighted by molar-refractivity contribution is 0.339. The van der Waals surface area contributed by atoms with Crippen LogP contribution >= 0.6 is 0 Å². The highest BCUT2D eigenvalue weighted by molar-refractivity contribution is 5.54. The van der Waals surface area contributed by atoms with Crippen molar-refractivity contribution >= 4 is 5.69 Å². The zero-order valence-electron chi connectivity index (χ0n) is 13.9. The van der Waals surface area contributed by atoms with Crippen LogP contribution in [0.3, 0.4) is 0 Å². The molecule has 0 saturated heterocycles. The minimum absolute atomic E-state index is 0.317. The molecule has 21 heavy (non-hydrogen) atoms. The molecule has 2 rings (SSSR count). The number of benzene rings is 1. The van der Waals surface area contributed by atoms with E-state index in [1.165, 1.54) is 16.8 Å². The van der Waals surface area contributed by atoms with Crippen molar-refractivity contribution in [1.82, 2.24) is 5.32 Å². The van der Waals surface area contributed by atoms with Crippen LogP contribution in [-0.2, 0) is 0 Å². The van der Waals surface area contributed by atoms with Gasteiger partial charge in [0.1, 0.15) is 5.54 Å². The summed E-state index contributed by atoms with van der Waals surface area (Å²) >= 11 is 0. The van der Waals surface area contributed by atoms with Gasteiger partial charge in [-0.15, -0.1) is 0 Å². The fraction of sp³-hybridized carbons (Fsp3) is 0.611. The minimum atomic E-state index is -0.430. The molecule has 0 bridgehead atoms. The molecule has 1 aliphatic carbocycles. The molecule has 1 aromatic rings. The summed E-state index contributed by atoms with van der Waals surface area (Å²) in [4.78, 5) is 2.23. The smallest absolute Gasteiger partial charge is 0.127 e. The van der Waals surface area contributed by atoms with E-state index in [1.807, 2.05) is 0 Å². The molecule has 1 N–H and O–H groups in total. The van der Waals surface area contributed by atoms with Crippen molar-refractivity contribution in [2.24, 2.45) is 5.92 Å². The average Bonchev–Trinajstić information content (AvgIpc) is 3.21. The zero-order valence-corrected chi connectivity index (χ0v) is 13.9. The Morgan fingerprint density at radius 2 is 2.05 bits per heavy atom. The van der Waals surface area contributed by atoms with Gasteiger partial charge in [0.25, 0.3) is 0 Å². The lowest BCUT2D eigenvalue weighted by atomic mass is 9.92. The molecule has 0 radical (unpaired) electrons. The van der Waals surface area contributed by atoms with Crippen molar-refractivity contribution in [2.75, 3.05) is 18.5 Å². The van der Waals surface area contributed by atoms with Crippen molar-refractivity contribution in [3.05, 3.63) is 29.3 Å². The fourth-order valence-electron chi connectivity index (χ4n) is 3.24. The number of aryl methyl sites for hydroxylation is 2. The van der Waals surface area contributed by atoms with Gasteiger partial charge in [0.05, 0.1) is 6.07 Å². The molecule has 0 aromatic heterocycles. The van der Waals surface area contributed by atoms with Crippen LogP contribution in [0.4, 0.5) is 5.69 Å². The Bertz CT molecular complexity index is 540. The van der Waals surface area contributed by atoms with E-state index in [1.54, 1.807) is 0 Å². The van der Waals surface area contributed by atoms with Crippen LogP contribution in [0, 0.1) is 31.1 Å². The zero-order chi connectivity index (χ0) is 15.6. The molecule has 1 aliphatic rings. The predicted octanol–water partition coefficient (Wildman–Crippen LogP) is 3.41. The Hall–Kier alpha value is -1.53. The van der Waals surface area contributed by atoms with Gasteiger partial charge in [-0.1, -0.05) is 17.7 Å². The minimum Gasteiger partial charge on any atom is -0.371 e. The predicted molar refractivity (Wildman–Crippen MR) is 88.5 cm³/mol. The van der Waals surface area contributed by atoms with Crippen molar-refractivity contribution in [3.8, 4) is 6.07 Å². The summed E-state index contributed by atoms with van der Waals surface area (Å²) in [6.45, 7) is 9.22. The number of likely N-dealkylation sites (N-methyl/N-ethyl adjacent to an activating group) is 1. The second-order valence-corrected chi connectivity index (χ2v) is 6.80. The van der Waals surface area contributed by atoms with Crippen LogP contribution in [0.15, 0.2) is 18.2 Å². The van der Waals surface area contributed by atoms with Gasteiger partial charge in [-0.2, -0.15) is 5.26 Å². The van der Waals surface area contributed by atoms with Gasteiger partial charge in [0.2, 0.25) is 0 Å². The Morgan fingerprint density at radius 1 is 1.38 bits per heavy atom. The van der Waals surface area contributed by atoms with Crippen molar-refractivity contribution in [2.45, 2.75) is 52.1 Å². The second kappa shape index (κ2) is 6.07. The van der Waals surface area contributed by atoms with Crippen molar-refractivity contribution in [3.63, 3.8) is 0 Å². The Balaban J connectivity index is 2.22. The third kappa shape index (κ3) is 3.57. The summed E-state index contributed by atoms with van der Waals surface area (Å²) in [7, 11) is 2.09. The molecule has 1 unspecified atom stereocenters. The summed E-state index contributed by atoms with van der Waals surface area (Å²) < 4.78 is 0. The standard InChI is InChI=1S/C18H27N3/c1-13(2)20-18(11-19,16-7-8-16)12-21(5)17-9-6-14(3)10-15(17)4/h6,9-10,13,16,20H,7-8,12H2,1-5H3. The van der Waals surface area contributed by atoms with Crippen LogP contribution in [0.25, 0.3) is 0 Å². The summed E-state index contributed by atoms with van der Waals surface area (Å²) in [5.74, 6) is 0.484. The monoisotopic (exact) mass is 285 g/mol. The maximum absolute atomic E-state index is 9.81. The molecular formula is C18H27N3. The first kappa shape index (κ1) is 15.9. The number of anilines is 1. The lowest BCUT2D eigenvalue weighted by Gasteiger charge is -2.35. The van der Waals surface area contributed by atoms with E-state index in [4.69, 9.17) is 0 Å². The highest BCUT2D eigenvalue weighted by atomic mass is 15.2. The molecule has 3 nitrogen and oxygen atoms in total. The molecule has 0 amide bonds. The molecule has 1 fully saturated rings. The first-order chi connectivity index (χ1) is 9.88. The van der Waals surface area contributed by atoms with E-state index in [0.29, 0.717) is 12.0 Å². The normalized spacial score (nSPS) is 17.4. The SMILES string of the molecule is Cc1ccc(N(C)CC(C#N)(NC(C)C)C2CC2)c(C)c1. The van der Waals surface area contributed by atoms with E-state index < -0.39 is 5.54 Å². The van der Waals surface area contributed by atoms with Crippen molar-refractivity contribution in [1.29, 1.82) is 5.26 Å². The molecule has 1 aromatic carbocycles. The van der Waals surface area contributed by atoms with E-state index >= 15 is 0 Å². The van der Waals surface area contributed by atoms with Crippen LogP contribution in [0.2, 0.25) is 0 Å². The summed E-state index contributed by atoms with van der Waals surface area (Å²) in [5, 5.41) is 13.3. The largest absolute Gasteiger partial charge is 0.371 e. The number of hydrogen-bond acceptors (Lipinski definition) is 3. The average molecular weight is 285 g/mol. The van der Waals surface area contributed by atoms with E-state index in [9.17, 15) is 5.26 Å². The number of hydrogen-bond donors (Lipinski definition) is 1. The van der Waals surface area contributed by atoms with Gasteiger partial charge in [0.15, 0.2) is 0 Å². The quantitative estimate of drug-likeness (QED) is 0.870. The molecule has 114 valence electrons. The summed E-state index contributed by atoms with van der Waals surface area (Å²) in [5.41, 5.74) is 3.33. The molecule has 0 heterocycles. The van der Waals surface area contributed by atoms with Crippen LogP contribution in [-0.4, -0.2) is 25.2 Å². The number of nitrogens with zero attached hydrogens (tertiary/aromatic N) is 2. The number of nitrogens with one attached hydrogen (secondary N) is 1. The Kier molecular flexibility index (Phi) is 4.58. The maximum Gasteiger partial charge on any atom is 0.127 e. The molecule has 3 heteroatoms. The second-order valence-electron chi connectivity index (χ2n) is 6.80. The fourth-order valence-corrected chi connectivity index (χ4v) is 3.24. The van der Waals surface area contributed by atoms with Gasteiger partial charge in [-0.3, -0.25) is 5.32 Å². The summed E-state index contributed by atoms with van der Waals surface area (Å²) in [6, 6.07) is 9.41. The molecule has 0 aliphatic heterocycles. The molecule has 1 atom stereocenters. The Labute approximate surface area is 129 Å². The maximum atomic E-state index is 9.81. The molecule has 1 saturated carbocycles. The topological polar surface area (TPSA) is 39.1 Å². The highest BCUT2D eigenvalue weighted by Crippen LogP contribution is 2.40. The number of nitriles is 1. The van der Waals surface area contributed by atoms with Crippen molar-refractivity contribution < 1.29 is 0 Å². The van der Waals surface area contributed by atoms with Gasteiger partial charge < -0.3 is 4.90 Å². The third-order valence-electron chi connectivity index (χ3n) is 4.27. The highest BCUT2D eigenvalue weighted by Gasteiger charge is 2.46. The van der Waals surface area contributed by atoms with Gasteiger partial charge in [-0.05, 0) is 58.1 Å². The van der Waals surface area contributed by atoms with E-state index in [-0.39, 0.29) is 0 Å². The van der Waals surface area contributed by atoms with E-state index in [2.05, 4.69) is 69.2 Å². The Morgan fingerprint density at radius 3 is 2.52 bits per heavy atom. The van der Waals surface area contributed by atoms with E-state index in [0.717, 1.165) is 19.4 Å².